The zero-order valence-electron chi connectivity index (χ0n) is 11.4. The molecule has 0 atom stereocenters. The number of carbonyl (C=O) groups is 1. The fourth-order valence-electron chi connectivity index (χ4n) is 1.53. The molecule has 2 amide bonds. The highest BCUT2D eigenvalue weighted by molar-refractivity contribution is 7.97. The molecule has 0 aromatic carbocycles. The van der Waals surface area contributed by atoms with Crippen LogP contribution in [0.4, 0.5) is 4.79 Å². The molecule has 0 radical (unpaired) electrons. The van der Waals surface area contributed by atoms with Crippen LogP contribution in [-0.4, -0.2) is 51.8 Å². The minimum atomic E-state index is -0.324. The molecule has 1 heterocycles. The molecule has 19 heavy (non-hydrogen) atoms. The van der Waals surface area contributed by atoms with Gasteiger partial charge in [-0.1, -0.05) is 0 Å². The van der Waals surface area contributed by atoms with Gasteiger partial charge < -0.3 is 10.1 Å². The summed E-state index contributed by atoms with van der Waals surface area (Å²) >= 11 is 6.64. The Morgan fingerprint density at radius 1 is 1.53 bits per heavy atom. The summed E-state index contributed by atoms with van der Waals surface area (Å²) in [7, 11) is 1.35. The number of amidine groups is 1. The van der Waals surface area contributed by atoms with E-state index in [0.717, 1.165) is 23.5 Å². The largest absolute Gasteiger partial charge is 0.468 e. The van der Waals surface area contributed by atoms with Crippen LogP contribution in [0.1, 0.15) is 26.7 Å². The normalized spacial score (nSPS) is 15.1. The molecule has 6 nitrogen and oxygen atoms in total. The molecule has 0 bridgehead atoms. The number of methoxy groups -OCH3 is 1. The topological polar surface area (TPSA) is 68.7 Å². The lowest BCUT2D eigenvalue weighted by Gasteiger charge is -2.31. The van der Waals surface area contributed by atoms with E-state index in [-0.39, 0.29) is 23.2 Å². The monoisotopic (exact) mass is 304 g/mol. The molecule has 1 aliphatic rings. The summed E-state index contributed by atoms with van der Waals surface area (Å²) in [5.41, 5.74) is 0. The number of amides is 2. The van der Waals surface area contributed by atoms with Crippen molar-refractivity contribution in [3.05, 3.63) is 0 Å². The lowest BCUT2D eigenvalue weighted by atomic mass is 10.3. The van der Waals surface area contributed by atoms with Gasteiger partial charge in [0.1, 0.15) is 0 Å². The van der Waals surface area contributed by atoms with Gasteiger partial charge in [0.25, 0.3) is 6.02 Å². The highest BCUT2D eigenvalue weighted by Crippen LogP contribution is 2.21. The molecule has 1 rings (SSSR count). The lowest BCUT2D eigenvalue weighted by molar-refractivity contribution is 0.207. The molecule has 1 saturated heterocycles. The van der Waals surface area contributed by atoms with E-state index in [1.807, 2.05) is 13.8 Å². The van der Waals surface area contributed by atoms with Crippen molar-refractivity contribution >= 4 is 41.3 Å². The van der Waals surface area contributed by atoms with Crippen molar-refractivity contribution in [1.29, 1.82) is 5.41 Å². The lowest BCUT2D eigenvalue weighted by Crippen LogP contribution is -2.53. The summed E-state index contributed by atoms with van der Waals surface area (Å²) in [6.45, 7) is 4.50. The summed E-state index contributed by atoms with van der Waals surface area (Å²) in [6.07, 6.45) is 2.07. The Hall–Kier alpha value is -1.02. The highest BCUT2D eigenvalue weighted by atomic mass is 32.2. The van der Waals surface area contributed by atoms with E-state index < -0.39 is 0 Å². The Kier molecular flexibility index (Phi) is 6.36. The second-order valence-electron chi connectivity index (χ2n) is 4.37. The Morgan fingerprint density at radius 3 is 2.68 bits per heavy atom. The Balaban J connectivity index is 2.80. The number of rotatable bonds is 1. The van der Waals surface area contributed by atoms with Gasteiger partial charge in [0, 0.05) is 18.3 Å². The third kappa shape index (κ3) is 4.54. The van der Waals surface area contributed by atoms with Crippen LogP contribution in [-0.2, 0) is 4.74 Å². The second kappa shape index (κ2) is 7.54. The van der Waals surface area contributed by atoms with Crippen LogP contribution in [0.15, 0.2) is 0 Å². The predicted molar refractivity (Wildman–Crippen MR) is 81.2 cm³/mol. The molecule has 1 fully saturated rings. The first-order valence-electron chi connectivity index (χ1n) is 6.15. The van der Waals surface area contributed by atoms with Crippen molar-refractivity contribution in [3.63, 3.8) is 0 Å². The summed E-state index contributed by atoms with van der Waals surface area (Å²) in [5.74, 6) is 0.907. The van der Waals surface area contributed by atoms with Crippen LogP contribution in [0.3, 0.4) is 0 Å². The van der Waals surface area contributed by atoms with Gasteiger partial charge in [0.15, 0.2) is 5.11 Å². The zero-order chi connectivity index (χ0) is 14.4. The first kappa shape index (κ1) is 16.0. The number of ether oxygens (including phenoxy) is 1. The summed E-state index contributed by atoms with van der Waals surface area (Å²) in [6, 6.07) is -0.509. The van der Waals surface area contributed by atoms with E-state index in [1.54, 1.807) is 4.31 Å². The molecule has 108 valence electrons. The molecular formula is C11H20N4O2S2. The fraction of sp³-hybridized carbons (Fsp3) is 0.727. The van der Waals surface area contributed by atoms with Gasteiger partial charge in [-0.25, -0.2) is 4.79 Å². The van der Waals surface area contributed by atoms with E-state index in [1.165, 1.54) is 19.1 Å². The molecule has 0 spiro atoms. The van der Waals surface area contributed by atoms with Gasteiger partial charge in [-0.15, -0.1) is 0 Å². The van der Waals surface area contributed by atoms with Crippen LogP contribution >= 0.6 is 24.2 Å². The number of nitrogens with zero attached hydrogens (tertiary/aromatic N) is 2. The van der Waals surface area contributed by atoms with Gasteiger partial charge in [0.2, 0.25) is 0 Å². The molecule has 2 N–H and O–H groups in total. The summed E-state index contributed by atoms with van der Waals surface area (Å²) in [4.78, 5) is 13.5. The number of urea groups is 1. The van der Waals surface area contributed by atoms with Gasteiger partial charge in [-0.2, -0.15) is 4.90 Å². The van der Waals surface area contributed by atoms with Crippen molar-refractivity contribution in [2.24, 2.45) is 0 Å². The summed E-state index contributed by atoms with van der Waals surface area (Å²) < 4.78 is 6.48. The Morgan fingerprint density at radius 2 is 2.21 bits per heavy atom. The minimum Gasteiger partial charge on any atom is -0.468 e. The first-order valence-corrected chi connectivity index (χ1v) is 7.50. The number of hydrogen-bond acceptors (Lipinski definition) is 5. The van der Waals surface area contributed by atoms with Crippen molar-refractivity contribution in [2.45, 2.75) is 32.7 Å². The van der Waals surface area contributed by atoms with E-state index in [9.17, 15) is 4.79 Å². The smallest absolute Gasteiger partial charge is 0.344 e. The quantitative estimate of drug-likeness (QED) is 0.336. The highest BCUT2D eigenvalue weighted by Gasteiger charge is 2.30. The SMILES string of the molecule is COC(=N)N(C(=O)N1CCCCS1)C(=S)NC(C)C. The number of carbonyl (C=O) groups excluding carboxylic acids is 1. The third-order valence-electron chi connectivity index (χ3n) is 2.42. The van der Waals surface area contributed by atoms with Crippen LogP contribution in [0.5, 0.6) is 0 Å². The van der Waals surface area contributed by atoms with Crippen LogP contribution in [0.25, 0.3) is 0 Å². The van der Waals surface area contributed by atoms with Crippen LogP contribution in [0.2, 0.25) is 0 Å². The molecular weight excluding hydrogens is 284 g/mol. The van der Waals surface area contributed by atoms with Crippen molar-refractivity contribution in [2.75, 3.05) is 19.4 Å². The minimum absolute atomic E-state index is 0.0847. The molecule has 1 aliphatic heterocycles. The van der Waals surface area contributed by atoms with Gasteiger partial charge in [-0.3, -0.25) is 9.71 Å². The summed E-state index contributed by atoms with van der Waals surface area (Å²) in [5, 5.41) is 10.9. The standard InChI is InChI=1S/C11H20N4O2S2/c1-8(2)13-10(18)15(9(12)17-3)11(16)14-6-4-5-7-19-14/h8,12H,4-7H2,1-3H3,(H,13,18). The van der Waals surface area contributed by atoms with Gasteiger partial charge >= 0.3 is 6.03 Å². The molecule has 0 unspecified atom stereocenters. The van der Waals surface area contributed by atoms with E-state index >= 15 is 0 Å². The maximum atomic E-state index is 12.4. The van der Waals surface area contributed by atoms with Crippen molar-refractivity contribution in [1.82, 2.24) is 14.5 Å². The molecule has 0 aliphatic carbocycles. The maximum absolute atomic E-state index is 12.4. The van der Waals surface area contributed by atoms with Gasteiger partial charge in [0.05, 0.1) is 7.11 Å². The fourth-order valence-corrected chi connectivity index (χ4v) is 2.93. The van der Waals surface area contributed by atoms with E-state index in [2.05, 4.69) is 5.32 Å². The van der Waals surface area contributed by atoms with Gasteiger partial charge in [-0.05, 0) is 50.9 Å². The van der Waals surface area contributed by atoms with Crippen molar-refractivity contribution in [3.8, 4) is 0 Å². The average Bonchev–Trinajstić information content (AvgIpc) is 2.38. The third-order valence-corrected chi connectivity index (χ3v) is 3.84. The zero-order valence-corrected chi connectivity index (χ0v) is 13.1. The Bertz CT molecular complexity index is 357. The molecule has 0 aromatic rings. The molecule has 0 aromatic heterocycles. The average molecular weight is 304 g/mol. The first-order chi connectivity index (χ1) is 8.97. The number of hydrogen-bond donors (Lipinski definition) is 2. The second-order valence-corrected chi connectivity index (χ2v) is 5.87. The van der Waals surface area contributed by atoms with E-state index in [4.69, 9.17) is 22.4 Å². The van der Waals surface area contributed by atoms with E-state index in [0.29, 0.717) is 6.54 Å². The van der Waals surface area contributed by atoms with Crippen LogP contribution in [0, 0.1) is 5.41 Å². The number of thiocarbonyl (C=S) groups is 1. The predicted octanol–water partition coefficient (Wildman–Crippen LogP) is 2.02. The number of nitrogens with one attached hydrogen (secondary N) is 2. The molecule has 0 saturated carbocycles. The molecule has 8 heteroatoms. The van der Waals surface area contributed by atoms with Crippen molar-refractivity contribution < 1.29 is 9.53 Å². The Labute approximate surface area is 123 Å². The van der Waals surface area contributed by atoms with Crippen LogP contribution < -0.4 is 5.32 Å². The maximum Gasteiger partial charge on any atom is 0.344 e.